The van der Waals surface area contributed by atoms with Crippen molar-refractivity contribution in [2.24, 2.45) is 11.7 Å². The zero-order valence-corrected chi connectivity index (χ0v) is 24.1. The van der Waals surface area contributed by atoms with Gasteiger partial charge in [0.15, 0.2) is 0 Å². The first-order valence-electron chi connectivity index (χ1n) is 14.0. The first-order valence-corrected chi connectivity index (χ1v) is 14.0. The second-order valence-electron chi connectivity index (χ2n) is 11.1. The van der Waals surface area contributed by atoms with Crippen molar-refractivity contribution in [1.82, 2.24) is 14.7 Å². The van der Waals surface area contributed by atoms with Crippen LogP contribution in [-0.2, 0) is 25.7 Å². The van der Waals surface area contributed by atoms with E-state index in [4.69, 9.17) is 15.6 Å². The Bertz CT molecular complexity index is 1630. The quantitative estimate of drug-likeness (QED) is 0.213. The van der Waals surface area contributed by atoms with Crippen LogP contribution >= 0.6 is 0 Å². The fourth-order valence-electron chi connectivity index (χ4n) is 5.36. The molecule has 0 fully saturated rings. The van der Waals surface area contributed by atoms with Crippen LogP contribution in [0.2, 0.25) is 0 Å². The number of aryl methyl sites for hydroxylation is 1. The van der Waals surface area contributed by atoms with Crippen LogP contribution in [-0.4, -0.2) is 33.9 Å². The van der Waals surface area contributed by atoms with Gasteiger partial charge in [0.25, 0.3) is 0 Å². The van der Waals surface area contributed by atoms with Crippen molar-refractivity contribution in [2.45, 2.75) is 46.5 Å². The Morgan fingerprint density at radius 1 is 1.09 bits per heavy atom. The van der Waals surface area contributed by atoms with E-state index in [1.54, 1.807) is 12.1 Å². The van der Waals surface area contributed by atoms with E-state index < -0.39 is 23.6 Å². The van der Waals surface area contributed by atoms with E-state index >= 15 is 0 Å². The largest absolute Gasteiger partial charge is 0.491 e. The average Bonchev–Trinajstić information content (AvgIpc) is 3.30. The van der Waals surface area contributed by atoms with Gasteiger partial charge in [-0.05, 0) is 48.7 Å². The molecule has 0 aliphatic carbocycles. The molecule has 7 nitrogen and oxygen atoms in total. The van der Waals surface area contributed by atoms with Gasteiger partial charge < -0.3 is 15.8 Å². The molecule has 0 saturated carbocycles. The number of ether oxygens (including phenoxy) is 1. The molecule has 0 radical (unpaired) electrons. The normalized spacial score (nSPS) is 13.7. The van der Waals surface area contributed by atoms with E-state index in [2.05, 4.69) is 19.2 Å². The smallest absolute Gasteiger partial charge is 0.416 e. The van der Waals surface area contributed by atoms with Gasteiger partial charge in [0, 0.05) is 48.4 Å². The number of halogens is 4. The third-order valence-corrected chi connectivity index (χ3v) is 7.33. The SMILES string of the molecule is Cc1cccc(OCC(C)C)c1-n1nc2c(c1-c1ccc(NC(N)=O)cc1)CN(Cc1c(F)cccc1C(F)(F)F)CC2. The molecule has 0 atom stereocenters. The second kappa shape index (κ2) is 12.1. The second-order valence-corrected chi connectivity index (χ2v) is 11.1. The number of amides is 2. The van der Waals surface area contributed by atoms with E-state index in [1.165, 1.54) is 0 Å². The van der Waals surface area contributed by atoms with Gasteiger partial charge in [-0.3, -0.25) is 4.90 Å². The third kappa shape index (κ3) is 6.51. The Balaban J connectivity index is 1.61. The molecule has 0 unspecified atom stereocenters. The summed E-state index contributed by atoms with van der Waals surface area (Å²) < 4.78 is 64.0. The monoisotopic (exact) mass is 595 g/mol. The summed E-state index contributed by atoms with van der Waals surface area (Å²) in [6.07, 6.45) is -4.22. The van der Waals surface area contributed by atoms with Crippen LogP contribution in [0.4, 0.5) is 28.0 Å². The van der Waals surface area contributed by atoms with Crippen molar-refractivity contribution >= 4 is 11.7 Å². The summed E-state index contributed by atoms with van der Waals surface area (Å²) in [5, 5.41) is 7.55. The first-order chi connectivity index (χ1) is 20.4. The van der Waals surface area contributed by atoms with Crippen LogP contribution in [0.1, 0.15) is 41.8 Å². The Hall–Kier alpha value is -4.38. The minimum Gasteiger partial charge on any atom is -0.491 e. The first kappa shape index (κ1) is 30.1. The van der Waals surface area contributed by atoms with Gasteiger partial charge in [-0.25, -0.2) is 13.9 Å². The summed E-state index contributed by atoms with van der Waals surface area (Å²) in [6, 6.07) is 15.2. The van der Waals surface area contributed by atoms with Gasteiger partial charge in [-0.1, -0.05) is 44.2 Å². The van der Waals surface area contributed by atoms with Gasteiger partial charge in [0.05, 0.1) is 23.6 Å². The molecular formula is C32H33F4N5O2. The predicted molar refractivity (Wildman–Crippen MR) is 156 cm³/mol. The van der Waals surface area contributed by atoms with Crippen molar-refractivity contribution in [3.63, 3.8) is 0 Å². The molecule has 3 aromatic carbocycles. The number of alkyl halides is 3. The number of rotatable bonds is 8. The highest BCUT2D eigenvalue weighted by Crippen LogP contribution is 2.39. The molecule has 2 amide bonds. The molecule has 1 aliphatic rings. The summed E-state index contributed by atoms with van der Waals surface area (Å²) >= 11 is 0. The van der Waals surface area contributed by atoms with Crippen LogP contribution in [0.3, 0.4) is 0 Å². The van der Waals surface area contributed by atoms with Gasteiger partial charge in [-0.2, -0.15) is 18.3 Å². The van der Waals surface area contributed by atoms with Crippen LogP contribution in [0.5, 0.6) is 5.75 Å². The van der Waals surface area contributed by atoms with Crippen molar-refractivity contribution < 1.29 is 27.1 Å². The van der Waals surface area contributed by atoms with E-state index in [-0.39, 0.29) is 24.6 Å². The number of benzene rings is 3. The van der Waals surface area contributed by atoms with Crippen LogP contribution in [0, 0.1) is 18.7 Å². The molecule has 1 aromatic heterocycles. The number of nitrogens with two attached hydrogens (primary N) is 1. The molecule has 1 aliphatic heterocycles. The lowest BCUT2D eigenvalue weighted by Gasteiger charge is -2.28. The lowest BCUT2D eigenvalue weighted by molar-refractivity contribution is -0.138. The summed E-state index contributed by atoms with van der Waals surface area (Å²) in [5.74, 6) is 0.0540. The molecule has 11 heteroatoms. The minimum atomic E-state index is -4.67. The van der Waals surface area contributed by atoms with E-state index in [0.717, 1.165) is 52.0 Å². The number of carbonyl (C=O) groups is 1. The lowest BCUT2D eigenvalue weighted by Crippen LogP contribution is -2.31. The van der Waals surface area contributed by atoms with Crippen LogP contribution < -0.4 is 15.8 Å². The van der Waals surface area contributed by atoms with Gasteiger partial charge in [0.1, 0.15) is 17.3 Å². The number of nitrogens with one attached hydrogen (secondary N) is 1. The molecule has 0 spiro atoms. The standard InChI is InChI=1S/C32H33F4N5O2/c1-19(2)18-43-28-9-4-6-20(3)29(28)41-30(21-10-12-22(13-11-21)38-31(37)42)24-17-40(15-14-27(24)39-41)16-23-25(32(34,35)36)7-5-8-26(23)33/h4-13,19H,14-18H2,1-3H3,(H3,37,38,42). The number of hydrogen-bond acceptors (Lipinski definition) is 4. The molecule has 0 saturated heterocycles. The average molecular weight is 596 g/mol. The Morgan fingerprint density at radius 3 is 2.49 bits per heavy atom. The number of aromatic nitrogens is 2. The molecule has 43 heavy (non-hydrogen) atoms. The van der Waals surface area contributed by atoms with Crippen LogP contribution in [0.25, 0.3) is 16.9 Å². The Labute approximate surface area is 247 Å². The minimum absolute atomic E-state index is 0.208. The molecular weight excluding hydrogens is 562 g/mol. The summed E-state index contributed by atoms with van der Waals surface area (Å²) in [4.78, 5) is 13.2. The van der Waals surface area contributed by atoms with Gasteiger partial charge >= 0.3 is 12.2 Å². The fourth-order valence-corrected chi connectivity index (χ4v) is 5.36. The van der Waals surface area contributed by atoms with Crippen molar-refractivity contribution in [1.29, 1.82) is 0 Å². The number of carbonyl (C=O) groups excluding carboxylic acids is 1. The number of fused-ring (bicyclic) bond motifs is 1. The maximum absolute atomic E-state index is 14.8. The van der Waals surface area contributed by atoms with Gasteiger partial charge in [0.2, 0.25) is 0 Å². The number of para-hydroxylation sites is 1. The van der Waals surface area contributed by atoms with E-state index in [0.29, 0.717) is 31.0 Å². The van der Waals surface area contributed by atoms with Crippen molar-refractivity contribution in [3.8, 4) is 22.7 Å². The van der Waals surface area contributed by atoms with E-state index in [9.17, 15) is 22.4 Å². The maximum atomic E-state index is 14.8. The fraction of sp³-hybridized carbons (Fsp3) is 0.312. The number of hydrogen-bond donors (Lipinski definition) is 2. The lowest BCUT2D eigenvalue weighted by atomic mass is 9.99. The molecule has 226 valence electrons. The topological polar surface area (TPSA) is 85.4 Å². The summed E-state index contributed by atoms with van der Waals surface area (Å²) in [6.45, 7) is 7.03. The maximum Gasteiger partial charge on any atom is 0.416 e. The molecule has 3 N–H and O–H groups in total. The van der Waals surface area contributed by atoms with Crippen molar-refractivity contribution in [3.05, 3.63) is 94.4 Å². The van der Waals surface area contributed by atoms with Gasteiger partial charge in [-0.15, -0.1) is 0 Å². The highest BCUT2D eigenvalue weighted by atomic mass is 19.4. The number of primary amides is 1. The highest BCUT2D eigenvalue weighted by Gasteiger charge is 2.36. The summed E-state index contributed by atoms with van der Waals surface area (Å²) in [5.41, 5.74) is 9.24. The van der Waals surface area contributed by atoms with Crippen molar-refractivity contribution in [2.75, 3.05) is 18.5 Å². The molecule has 4 aromatic rings. The Morgan fingerprint density at radius 2 is 1.81 bits per heavy atom. The Kier molecular flexibility index (Phi) is 8.45. The highest BCUT2D eigenvalue weighted by molar-refractivity contribution is 5.88. The van der Waals surface area contributed by atoms with Crippen LogP contribution in [0.15, 0.2) is 60.7 Å². The predicted octanol–water partition coefficient (Wildman–Crippen LogP) is 7.09. The number of urea groups is 1. The molecule has 0 bridgehead atoms. The zero-order chi connectivity index (χ0) is 30.9. The zero-order valence-electron chi connectivity index (χ0n) is 24.1. The number of anilines is 1. The van der Waals surface area contributed by atoms with E-state index in [1.807, 2.05) is 46.8 Å². The summed E-state index contributed by atoms with van der Waals surface area (Å²) in [7, 11) is 0. The number of nitrogens with zero attached hydrogens (tertiary/aromatic N) is 3. The molecule has 5 rings (SSSR count). The third-order valence-electron chi connectivity index (χ3n) is 7.33. The molecule has 2 heterocycles.